The smallest absolute Gasteiger partial charge is 0.224 e. The molecule has 2 aromatic carbocycles. The Balaban J connectivity index is 1.57. The largest absolute Gasteiger partial charge is 0.496 e. The molecule has 0 radical (unpaired) electrons. The maximum Gasteiger partial charge on any atom is 0.224 e. The average molecular weight is 354 g/mol. The molecule has 3 rings (SSSR count). The molecule has 1 aliphatic heterocycles. The molecule has 5 nitrogen and oxygen atoms in total. The number of para-hydroxylation sites is 1. The Kier molecular flexibility index (Phi) is 5.66. The third-order valence-electron chi connectivity index (χ3n) is 4.89. The molecule has 138 valence electrons. The summed E-state index contributed by atoms with van der Waals surface area (Å²) in [5, 5.41) is 3.02. The highest BCUT2D eigenvalue weighted by Crippen LogP contribution is 2.31. The van der Waals surface area contributed by atoms with Crippen LogP contribution in [0.2, 0.25) is 0 Å². The van der Waals surface area contributed by atoms with Crippen LogP contribution < -0.4 is 19.7 Å². The molecule has 1 unspecified atom stereocenters. The van der Waals surface area contributed by atoms with Gasteiger partial charge >= 0.3 is 0 Å². The van der Waals surface area contributed by atoms with E-state index in [-0.39, 0.29) is 12.3 Å². The first-order valence-corrected chi connectivity index (χ1v) is 8.95. The number of hydrogen-bond acceptors (Lipinski definition) is 4. The fourth-order valence-corrected chi connectivity index (χ4v) is 3.61. The van der Waals surface area contributed by atoms with Crippen molar-refractivity contribution in [2.75, 3.05) is 32.2 Å². The minimum Gasteiger partial charge on any atom is -0.496 e. The highest BCUT2D eigenvalue weighted by Gasteiger charge is 2.25. The molecule has 0 saturated heterocycles. The number of ether oxygens (including phenoxy) is 2. The molecule has 1 N–H and O–H groups in total. The van der Waals surface area contributed by atoms with Gasteiger partial charge in [0.25, 0.3) is 0 Å². The van der Waals surface area contributed by atoms with Crippen molar-refractivity contribution in [1.82, 2.24) is 5.32 Å². The van der Waals surface area contributed by atoms with Crippen molar-refractivity contribution in [2.45, 2.75) is 25.8 Å². The Morgan fingerprint density at radius 1 is 1.12 bits per heavy atom. The van der Waals surface area contributed by atoms with Crippen LogP contribution in [0.1, 0.15) is 18.1 Å². The Labute approximate surface area is 154 Å². The lowest BCUT2D eigenvalue weighted by molar-refractivity contribution is -0.120. The molecule has 0 aromatic heterocycles. The predicted octanol–water partition coefficient (Wildman–Crippen LogP) is 2.81. The number of nitrogens with one attached hydrogen (secondary N) is 1. The monoisotopic (exact) mass is 354 g/mol. The summed E-state index contributed by atoms with van der Waals surface area (Å²) in [5.74, 6) is 1.30. The highest BCUT2D eigenvalue weighted by molar-refractivity contribution is 5.80. The van der Waals surface area contributed by atoms with E-state index >= 15 is 0 Å². The molecule has 1 amide bonds. The van der Waals surface area contributed by atoms with E-state index in [1.54, 1.807) is 14.2 Å². The minimum atomic E-state index is -0.0343. The molecule has 1 heterocycles. The average Bonchev–Trinajstić information content (AvgIpc) is 2.97. The number of carbonyl (C=O) groups excluding carboxylic acids is 1. The third kappa shape index (κ3) is 3.77. The van der Waals surface area contributed by atoms with Crippen LogP contribution in [0.4, 0.5) is 5.69 Å². The fourth-order valence-electron chi connectivity index (χ4n) is 3.61. The summed E-state index contributed by atoms with van der Waals surface area (Å²) in [6.45, 7) is 3.63. The molecule has 1 atom stereocenters. The summed E-state index contributed by atoms with van der Waals surface area (Å²) in [5.41, 5.74) is 3.43. The standard InChI is InChI=1S/C21H26N2O3/c1-15-13-16-7-4-5-8-18(16)23(15)12-11-22-21(24)14-17-19(25-2)9-6-10-20(17)26-3/h4-10,15H,11-14H2,1-3H3,(H,22,24). The Hall–Kier alpha value is -2.69. The number of carbonyl (C=O) groups is 1. The molecule has 0 saturated carbocycles. The molecule has 0 fully saturated rings. The van der Waals surface area contributed by atoms with Crippen LogP contribution in [0.25, 0.3) is 0 Å². The fraction of sp³-hybridized carbons (Fsp3) is 0.381. The van der Waals surface area contributed by atoms with Gasteiger partial charge in [-0.25, -0.2) is 0 Å². The van der Waals surface area contributed by atoms with Crippen LogP contribution in [-0.4, -0.2) is 39.3 Å². The van der Waals surface area contributed by atoms with E-state index in [4.69, 9.17) is 9.47 Å². The second-order valence-electron chi connectivity index (χ2n) is 6.54. The van der Waals surface area contributed by atoms with E-state index < -0.39 is 0 Å². The number of rotatable bonds is 7. The SMILES string of the molecule is COc1cccc(OC)c1CC(=O)NCCN1c2ccccc2CC1C. The van der Waals surface area contributed by atoms with Gasteiger partial charge < -0.3 is 19.7 Å². The third-order valence-corrected chi connectivity index (χ3v) is 4.89. The molecular formula is C21H26N2O3. The van der Waals surface area contributed by atoms with Crippen molar-refractivity contribution in [3.63, 3.8) is 0 Å². The molecule has 0 bridgehead atoms. The van der Waals surface area contributed by atoms with E-state index in [1.165, 1.54) is 11.3 Å². The lowest BCUT2D eigenvalue weighted by atomic mass is 10.1. The van der Waals surface area contributed by atoms with Gasteiger partial charge in [-0.2, -0.15) is 0 Å². The quantitative estimate of drug-likeness (QED) is 0.831. The Morgan fingerprint density at radius 2 is 1.81 bits per heavy atom. The van der Waals surface area contributed by atoms with Crippen LogP contribution in [-0.2, 0) is 17.6 Å². The van der Waals surface area contributed by atoms with Crippen LogP contribution in [0.5, 0.6) is 11.5 Å². The summed E-state index contributed by atoms with van der Waals surface area (Å²) >= 11 is 0. The number of amides is 1. The number of fused-ring (bicyclic) bond motifs is 1. The van der Waals surface area contributed by atoms with E-state index in [0.717, 1.165) is 18.5 Å². The van der Waals surface area contributed by atoms with Gasteiger partial charge in [-0.1, -0.05) is 24.3 Å². The second-order valence-corrected chi connectivity index (χ2v) is 6.54. The van der Waals surface area contributed by atoms with Gasteiger partial charge in [0, 0.05) is 30.4 Å². The summed E-state index contributed by atoms with van der Waals surface area (Å²) in [6.07, 6.45) is 1.29. The van der Waals surface area contributed by atoms with Crippen molar-refractivity contribution in [1.29, 1.82) is 0 Å². The van der Waals surface area contributed by atoms with Crippen LogP contribution in [0, 0.1) is 0 Å². The van der Waals surface area contributed by atoms with E-state index in [1.807, 2.05) is 18.2 Å². The lowest BCUT2D eigenvalue weighted by Crippen LogP contribution is -2.38. The molecular weight excluding hydrogens is 328 g/mol. The number of hydrogen-bond donors (Lipinski definition) is 1. The predicted molar refractivity (Wildman–Crippen MR) is 103 cm³/mol. The molecule has 26 heavy (non-hydrogen) atoms. The molecule has 5 heteroatoms. The van der Waals surface area contributed by atoms with Gasteiger partial charge in [0.2, 0.25) is 5.91 Å². The van der Waals surface area contributed by atoms with Crippen molar-refractivity contribution in [3.05, 3.63) is 53.6 Å². The second kappa shape index (κ2) is 8.13. The lowest BCUT2D eigenvalue weighted by Gasteiger charge is -2.25. The molecule has 1 aliphatic rings. The van der Waals surface area contributed by atoms with E-state index in [2.05, 4.69) is 41.4 Å². The van der Waals surface area contributed by atoms with E-state index in [9.17, 15) is 4.79 Å². The Bertz CT molecular complexity index is 753. The zero-order chi connectivity index (χ0) is 18.5. The van der Waals surface area contributed by atoms with Crippen LogP contribution in [0.3, 0.4) is 0 Å². The normalized spacial score (nSPS) is 15.5. The van der Waals surface area contributed by atoms with Crippen LogP contribution >= 0.6 is 0 Å². The first kappa shape index (κ1) is 18.1. The zero-order valence-electron chi connectivity index (χ0n) is 15.6. The number of methoxy groups -OCH3 is 2. The van der Waals surface area contributed by atoms with Gasteiger partial charge in [0.15, 0.2) is 0 Å². The first-order valence-electron chi connectivity index (χ1n) is 8.95. The van der Waals surface area contributed by atoms with Gasteiger partial charge in [0.1, 0.15) is 11.5 Å². The first-order chi connectivity index (χ1) is 12.6. The summed E-state index contributed by atoms with van der Waals surface area (Å²) < 4.78 is 10.7. The summed E-state index contributed by atoms with van der Waals surface area (Å²) in [7, 11) is 3.20. The van der Waals surface area contributed by atoms with Crippen molar-refractivity contribution >= 4 is 11.6 Å². The van der Waals surface area contributed by atoms with E-state index in [0.29, 0.717) is 24.1 Å². The maximum atomic E-state index is 12.4. The highest BCUT2D eigenvalue weighted by atomic mass is 16.5. The number of nitrogens with zero attached hydrogens (tertiary/aromatic N) is 1. The molecule has 0 spiro atoms. The van der Waals surface area contributed by atoms with Gasteiger partial charge in [-0.15, -0.1) is 0 Å². The van der Waals surface area contributed by atoms with Crippen molar-refractivity contribution in [2.24, 2.45) is 0 Å². The summed E-state index contributed by atoms with van der Waals surface area (Å²) in [6, 6.07) is 14.5. The van der Waals surface area contributed by atoms with Gasteiger partial charge in [-0.05, 0) is 37.1 Å². The zero-order valence-corrected chi connectivity index (χ0v) is 15.6. The number of benzene rings is 2. The van der Waals surface area contributed by atoms with Gasteiger partial charge in [0.05, 0.1) is 20.6 Å². The molecule has 2 aromatic rings. The summed E-state index contributed by atoms with van der Waals surface area (Å²) in [4.78, 5) is 14.8. The van der Waals surface area contributed by atoms with Crippen molar-refractivity contribution in [3.8, 4) is 11.5 Å². The molecule has 0 aliphatic carbocycles. The van der Waals surface area contributed by atoms with Gasteiger partial charge in [-0.3, -0.25) is 4.79 Å². The maximum absolute atomic E-state index is 12.4. The van der Waals surface area contributed by atoms with Crippen molar-refractivity contribution < 1.29 is 14.3 Å². The topological polar surface area (TPSA) is 50.8 Å². The van der Waals surface area contributed by atoms with Crippen LogP contribution in [0.15, 0.2) is 42.5 Å². The Morgan fingerprint density at radius 3 is 2.50 bits per heavy atom. The number of anilines is 1. The minimum absolute atomic E-state index is 0.0343.